The van der Waals surface area contributed by atoms with Crippen LogP contribution in [0.5, 0.6) is 0 Å². The van der Waals surface area contributed by atoms with E-state index >= 15 is 0 Å². The van der Waals surface area contributed by atoms with Crippen molar-refractivity contribution in [1.29, 1.82) is 0 Å². The SMILES string of the molecule is NCCN(CCc1ccccc1)C(=O)CCc1ccnc2ccccc12. The van der Waals surface area contributed by atoms with Crippen LogP contribution in [-0.2, 0) is 17.6 Å². The quantitative estimate of drug-likeness (QED) is 0.681. The maximum atomic E-state index is 12.7. The van der Waals surface area contributed by atoms with Crippen molar-refractivity contribution in [2.24, 2.45) is 5.73 Å². The molecule has 0 aliphatic rings. The molecule has 0 atom stereocenters. The first-order valence-corrected chi connectivity index (χ1v) is 9.12. The first kappa shape index (κ1) is 18.1. The zero-order chi connectivity index (χ0) is 18.2. The number of aromatic nitrogens is 1. The van der Waals surface area contributed by atoms with Crippen molar-refractivity contribution in [2.75, 3.05) is 19.6 Å². The smallest absolute Gasteiger partial charge is 0.222 e. The van der Waals surface area contributed by atoms with Gasteiger partial charge in [-0.2, -0.15) is 0 Å². The molecule has 0 radical (unpaired) electrons. The van der Waals surface area contributed by atoms with Gasteiger partial charge in [-0.25, -0.2) is 0 Å². The van der Waals surface area contributed by atoms with Crippen molar-refractivity contribution in [1.82, 2.24) is 9.88 Å². The van der Waals surface area contributed by atoms with Crippen LogP contribution in [-0.4, -0.2) is 35.4 Å². The lowest BCUT2D eigenvalue weighted by molar-refractivity contribution is -0.131. The third kappa shape index (κ3) is 4.67. The normalized spacial score (nSPS) is 10.8. The van der Waals surface area contributed by atoms with Crippen LogP contribution in [0.4, 0.5) is 0 Å². The summed E-state index contributed by atoms with van der Waals surface area (Å²) in [4.78, 5) is 19.0. The topological polar surface area (TPSA) is 59.2 Å². The van der Waals surface area contributed by atoms with E-state index in [4.69, 9.17) is 5.73 Å². The molecule has 0 aliphatic carbocycles. The number of pyridine rings is 1. The molecule has 0 bridgehead atoms. The highest BCUT2D eigenvalue weighted by atomic mass is 16.2. The fourth-order valence-corrected chi connectivity index (χ4v) is 3.20. The molecular weight excluding hydrogens is 322 g/mol. The second-order valence-electron chi connectivity index (χ2n) is 6.39. The minimum atomic E-state index is 0.160. The molecule has 0 fully saturated rings. The first-order valence-electron chi connectivity index (χ1n) is 9.12. The number of fused-ring (bicyclic) bond motifs is 1. The highest BCUT2D eigenvalue weighted by Crippen LogP contribution is 2.18. The van der Waals surface area contributed by atoms with E-state index in [1.54, 1.807) is 0 Å². The molecule has 4 heteroatoms. The molecule has 0 spiro atoms. The summed E-state index contributed by atoms with van der Waals surface area (Å²) in [7, 11) is 0. The largest absolute Gasteiger partial charge is 0.341 e. The minimum absolute atomic E-state index is 0.160. The molecule has 0 saturated heterocycles. The Hall–Kier alpha value is -2.72. The summed E-state index contributed by atoms with van der Waals surface area (Å²) in [5.41, 5.74) is 9.09. The Morgan fingerprint density at radius 3 is 2.50 bits per heavy atom. The van der Waals surface area contributed by atoms with Gasteiger partial charge in [0.1, 0.15) is 0 Å². The highest BCUT2D eigenvalue weighted by Gasteiger charge is 2.13. The Bertz CT molecular complexity index is 843. The molecule has 0 saturated carbocycles. The van der Waals surface area contributed by atoms with Crippen LogP contribution in [0, 0.1) is 0 Å². The fraction of sp³-hybridized carbons (Fsp3) is 0.273. The number of nitrogens with zero attached hydrogens (tertiary/aromatic N) is 2. The summed E-state index contributed by atoms with van der Waals surface area (Å²) in [6.07, 6.45) is 3.87. The molecule has 0 unspecified atom stereocenters. The van der Waals surface area contributed by atoms with Gasteiger partial charge in [0, 0.05) is 37.6 Å². The van der Waals surface area contributed by atoms with Gasteiger partial charge in [-0.05, 0) is 36.1 Å². The summed E-state index contributed by atoms with van der Waals surface area (Å²) >= 11 is 0. The number of carbonyl (C=O) groups is 1. The fourth-order valence-electron chi connectivity index (χ4n) is 3.20. The maximum absolute atomic E-state index is 12.7. The van der Waals surface area contributed by atoms with E-state index in [-0.39, 0.29) is 5.91 Å². The second kappa shape index (κ2) is 9.11. The van der Waals surface area contributed by atoms with Crippen LogP contribution in [0.2, 0.25) is 0 Å². The third-order valence-electron chi connectivity index (χ3n) is 4.61. The van der Waals surface area contributed by atoms with Gasteiger partial charge in [-0.15, -0.1) is 0 Å². The number of hydrogen-bond acceptors (Lipinski definition) is 3. The molecule has 2 N–H and O–H groups in total. The molecule has 1 amide bonds. The predicted molar refractivity (Wildman–Crippen MR) is 106 cm³/mol. The molecule has 26 heavy (non-hydrogen) atoms. The Balaban J connectivity index is 1.62. The molecule has 134 valence electrons. The van der Waals surface area contributed by atoms with Crippen LogP contribution in [0.3, 0.4) is 0 Å². The van der Waals surface area contributed by atoms with Crippen LogP contribution < -0.4 is 5.73 Å². The number of amides is 1. The third-order valence-corrected chi connectivity index (χ3v) is 4.61. The van der Waals surface area contributed by atoms with Crippen LogP contribution in [0.15, 0.2) is 66.9 Å². The van der Waals surface area contributed by atoms with Gasteiger partial charge in [0.05, 0.1) is 5.52 Å². The van der Waals surface area contributed by atoms with Gasteiger partial charge in [-0.3, -0.25) is 9.78 Å². The highest BCUT2D eigenvalue weighted by molar-refractivity contribution is 5.83. The summed E-state index contributed by atoms with van der Waals surface area (Å²) in [5.74, 6) is 0.160. The number of nitrogens with two attached hydrogens (primary N) is 1. The number of hydrogen-bond donors (Lipinski definition) is 1. The maximum Gasteiger partial charge on any atom is 0.222 e. The van der Waals surface area contributed by atoms with E-state index in [2.05, 4.69) is 23.2 Å². The van der Waals surface area contributed by atoms with Gasteiger partial charge < -0.3 is 10.6 Å². The molecule has 3 aromatic rings. The average molecular weight is 347 g/mol. The number of rotatable bonds is 8. The van der Waals surface area contributed by atoms with E-state index in [1.165, 1.54) is 11.1 Å². The molecule has 4 nitrogen and oxygen atoms in total. The summed E-state index contributed by atoms with van der Waals surface area (Å²) in [6, 6.07) is 20.3. The van der Waals surface area contributed by atoms with Gasteiger partial charge >= 0.3 is 0 Å². The van der Waals surface area contributed by atoms with Crippen molar-refractivity contribution in [3.63, 3.8) is 0 Å². The molecule has 0 aliphatic heterocycles. The Kier molecular flexibility index (Phi) is 6.34. The summed E-state index contributed by atoms with van der Waals surface area (Å²) in [5, 5.41) is 1.12. The van der Waals surface area contributed by atoms with Gasteiger partial charge in [-0.1, -0.05) is 48.5 Å². The van der Waals surface area contributed by atoms with Crippen LogP contribution >= 0.6 is 0 Å². The summed E-state index contributed by atoms with van der Waals surface area (Å²) < 4.78 is 0. The summed E-state index contributed by atoms with van der Waals surface area (Å²) in [6.45, 7) is 1.79. The lowest BCUT2D eigenvalue weighted by Crippen LogP contribution is -2.37. The first-order chi connectivity index (χ1) is 12.8. The van der Waals surface area contributed by atoms with E-state index in [9.17, 15) is 4.79 Å². The van der Waals surface area contributed by atoms with Crippen molar-refractivity contribution >= 4 is 16.8 Å². The molecule has 1 heterocycles. The van der Waals surface area contributed by atoms with Crippen molar-refractivity contribution in [3.05, 3.63) is 78.0 Å². The standard InChI is InChI=1S/C22H25N3O/c23-14-17-25(16-13-18-6-2-1-3-7-18)22(26)11-10-19-12-15-24-21-9-5-4-8-20(19)21/h1-9,12,15H,10-11,13-14,16-17,23H2. The van der Waals surface area contributed by atoms with Crippen molar-refractivity contribution in [3.8, 4) is 0 Å². The van der Waals surface area contributed by atoms with Crippen molar-refractivity contribution in [2.45, 2.75) is 19.3 Å². The molecule has 1 aromatic heterocycles. The Labute approximate surface area is 154 Å². The second-order valence-corrected chi connectivity index (χ2v) is 6.39. The van der Waals surface area contributed by atoms with E-state index in [1.807, 2.05) is 53.6 Å². The monoisotopic (exact) mass is 347 g/mol. The number of benzene rings is 2. The zero-order valence-electron chi connectivity index (χ0n) is 15.0. The molecule has 3 rings (SSSR count). The van der Waals surface area contributed by atoms with Crippen LogP contribution in [0.25, 0.3) is 10.9 Å². The number of aryl methyl sites for hydroxylation is 1. The molecular formula is C22H25N3O. The lowest BCUT2D eigenvalue weighted by Gasteiger charge is -2.22. The molecule has 2 aromatic carbocycles. The predicted octanol–water partition coefficient (Wildman–Crippen LogP) is 3.20. The van der Waals surface area contributed by atoms with E-state index in [0.717, 1.165) is 17.3 Å². The lowest BCUT2D eigenvalue weighted by atomic mass is 10.0. The van der Waals surface area contributed by atoms with Gasteiger partial charge in [0.25, 0.3) is 0 Å². The van der Waals surface area contributed by atoms with E-state index < -0.39 is 0 Å². The number of carbonyl (C=O) groups excluding carboxylic acids is 1. The average Bonchev–Trinajstić information content (AvgIpc) is 2.70. The minimum Gasteiger partial charge on any atom is -0.341 e. The van der Waals surface area contributed by atoms with Crippen LogP contribution in [0.1, 0.15) is 17.5 Å². The van der Waals surface area contributed by atoms with Crippen molar-refractivity contribution < 1.29 is 4.79 Å². The van der Waals surface area contributed by atoms with Gasteiger partial charge in [0.15, 0.2) is 0 Å². The zero-order valence-corrected chi connectivity index (χ0v) is 15.0. The Morgan fingerprint density at radius 1 is 0.923 bits per heavy atom. The van der Waals surface area contributed by atoms with Gasteiger partial charge in [0.2, 0.25) is 5.91 Å². The van der Waals surface area contributed by atoms with E-state index in [0.29, 0.717) is 32.5 Å². The Morgan fingerprint density at radius 2 is 1.69 bits per heavy atom. The number of para-hydroxylation sites is 1.